The summed E-state index contributed by atoms with van der Waals surface area (Å²) in [6.07, 6.45) is -7.19. The lowest BCUT2D eigenvalue weighted by atomic mass is 10.1. The Labute approximate surface area is 168 Å². The maximum atomic E-state index is 13.3. The number of halogens is 6. The zero-order chi connectivity index (χ0) is 21.9. The largest absolute Gasteiger partial charge is 0.452 e. The third-order valence-corrected chi connectivity index (χ3v) is 4.54. The van der Waals surface area contributed by atoms with E-state index in [-0.39, 0.29) is 25.0 Å². The third-order valence-electron chi connectivity index (χ3n) is 4.54. The number of anilines is 1. The number of hydrogen-bond donors (Lipinski definition) is 0. The van der Waals surface area contributed by atoms with E-state index in [0.717, 1.165) is 31.2 Å². The average molecular weight is 438 g/mol. The first kappa shape index (κ1) is 22.2. The van der Waals surface area contributed by atoms with Crippen LogP contribution >= 0.6 is 0 Å². The lowest BCUT2D eigenvalue weighted by Crippen LogP contribution is -2.44. The van der Waals surface area contributed by atoms with Gasteiger partial charge in [-0.25, -0.2) is 9.67 Å². The normalized spacial score (nSPS) is 18.0. The molecule has 12 heteroatoms. The second kappa shape index (κ2) is 8.70. The van der Waals surface area contributed by atoms with Crippen molar-refractivity contribution in [2.45, 2.75) is 51.5 Å². The van der Waals surface area contributed by atoms with Crippen molar-refractivity contribution < 1.29 is 35.8 Å². The quantitative estimate of drug-likeness (QED) is 0.612. The monoisotopic (exact) mass is 438 g/mol. The second-order valence-electron chi connectivity index (χ2n) is 6.65. The predicted octanol–water partition coefficient (Wildman–Crippen LogP) is 4.71. The van der Waals surface area contributed by atoms with Crippen LogP contribution in [0, 0.1) is 0 Å². The topological polar surface area (TPSA) is 52.4 Å². The molecule has 0 aromatic carbocycles. The van der Waals surface area contributed by atoms with Crippen LogP contribution in [0.4, 0.5) is 32.2 Å². The molecule has 0 spiro atoms. The summed E-state index contributed by atoms with van der Waals surface area (Å²) >= 11 is 0. The molecular weight excluding hydrogens is 418 g/mol. The van der Waals surface area contributed by atoms with Crippen LogP contribution in [-0.4, -0.2) is 34.1 Å². The molecule has 1 saturated heterocycles. The van der Waals surface area contributed by atoms with Crippen LogP contribution in [-0.2, 0) is 23.8 Å². The number of nitrogens with zero attached hydrogens (tertiary/aromatic N) is 4. The van der Waals surface area contributed by atoms with Crippen molar-refractivity contribution in [2.24, 2.45) is 0 Å². The van der Waals surface area contributed by atoms with E-state index < -0.39 is 29.8 Å². The molecule has 1 aliphatic heterocycles. The van der Waals surface area contributed by atoms with E-state index in [9.17, 15) is 26.3 Å². The van der Waals surface area contributed by atoms with Crippen LogP contribution < -0.4 is 9.64 Å². The maximum absolute atomic E-state index is 13.3. The van der Waals surface area contributed by atoms with Gasteiger partial charge < -0.3 is 14.4 Å². The van der Waals surface area contributed by atoms with Gasteiger partial charge in [0.1, 0.15) is 18.2 Å². The van der Waals surface area contributed by atoms with Crippen molar-refractivity contribution in [1.29, 1.82) is 0 Å². The first-order chi connectivity index (χ1) is 14.1. The van der Waals surface area contributed by atoms with Gasteiger partial charge in [-0.2, -0.15) is 26.3 Å². The Kier molecular flexibility index (Phi) is 6.44. The predicted molar refractivity (Wildman–Crippen MR) is 93.7 cm³/mol. The van der Waals surface area contributed by atoms with Crippen LogP contribution in [0.2, 0.25) is 0 Å². The molecule has 1 aliphatic rings. The summed E-state index contributed by atoms with van der Waals surface area (Å²) in [4.78, 5) is 5.49. The molecular formula is C18H20F6N4O2. The van der Waals surface area contributed by atoms with Crippen LogP contribution in [0.3, 0.4) is 0 Å². The van der Waals surface area contributed by atoms with Gasteiger partial charge >= 0.3 is 12.4 Å². The Bertz CT molecular complexity index is 835. The van der Waals surface area contributed by atoms with Crippen molar-refractivity contribution in [3.8, 4) is 5.88 Å². The zero-order valence-electron chi connectivity index (χ0n) is 16.0. The molecule has 166 valence electrons. The van der Waals surface area contributed by atoms with Crippen molar-refractivity contribution in [3.05, 3.63) is 35.7 Å². The van der Waals surface area contributed by atoms with E-state index in [4.69, 9.17) is 9.47 Å². The molecule has 3 heterocycles. The fraction of sp³-hybridized carbons (Fsp3) is 0.556. The highest BCUT2D eigenvalue weighted by atomic mass is 19.4. The zero-order valence-corrected chi connectivity index (χ0v) is 16.0. The van der Waals surface area contributed by atoms with E-state index in [2.05, 4.69) is 10.1 Å². The number of piperidine rings is 1. The Morgan fingerprint density at radius 3 is 2.47 bits per heavy atom. The van der Waals surface area contributed by atoms with Gasteiger partial charge in [0.15, 0.2) is 6.23 Å². The maximum Gasteiger partial charge on any atom is 0.433 e. The highest BCUT2D eigenvalue weighted by molar-refractivity contribution is 5.41. The number of aromatic nitrogens is 3. The van der Waals surface area contributed by atoms with Gasteiger partial charge in [0, 0.05) is 31.8 Å². The van der Waals surface area contributed by atoms with E-state index in [1.54, 1.807) is 11.8 Å². The molecule has 1 unspecified atom stereocenters. The van der Waals surface area contributed by atoms with Gasteiger partial charge in [-0.3, -0.25) is 0 Å². The molecule has 0 N–H and O–H groups in total. The van der Waals surface area contributed by atoms with Crippen LogP contribution in [0.1, 0.15) is 37.4 Å². The highest BCUT2D eigenvalue weighted by Gasteiger charge is 2.37. The molecule has 0 aliphatic carbocycles. The lowest BCUT2D eigenvalue weighted by molar-refractivity contribution is -0.146. The summed E-state index contributed by atoms with van der Waals surface area (Å²) in [7, 11) is 0. The third kappa shape index (κ3) is 5.15. The summed E-state index contributed by atoms with van der Waals surface area (Å²) in [5.41, 5.74) is -1.90. The summed E-state index contributed by atoms with van der Waals surface area (Å²) in [5, 5.41) is 3.84. The second-order valence-corrected chi connectivity index (χ2v) is 6.65. The molecule has 2 aromatic heterocycles. The summed E-state index contributed by atoms with van der Waals surface area (Å²) in [5.74, 6) is 0.00309. The standard InChI is InChI=1S/C18H20F6N4O2/c1-2-29-11-28-13(18(22,23)24)9-15(26-28)30-16-5-3-4-8-27(16)14-7-6-12(10-25-14)17(19,20)21/h6-7,9-10,16H,2-5,8,11H2,1H3. The fourth-order valence-electron chi connectivity index (χ4n) is 3.10. The van der Waals surface area contributed by atoms with Crippen LogP contribution in [0.15, 0.2) is 24.4 Å². The van der Waals surface area contributed by atoms with Gasteiger partial charge in [-0.1, -0.05) is 0 Å². The number of hydrogen-bond acceptors (Lipinski definition) is 5. The number of alkyl halides is 6. The van der Waals surface area contributed by atoms with Crippen molar-refractivity contribution in [1.82, 2.24) is 14.8 Å². The molecule has 3 rings (SSSR count). The first-order valence-electron chi connectivity index (χ1n) is 9.29. The molecule has 1 atom stereocenters. The van der Waals surface area contributed by atoms with Crippen molar-refractivity contribution in [2.75, 3.05) is 18.1 Å². The Hall–Kier alpha value is -2.50. The fourth-order valence-corrected chi connectivity index (χ4v) is 3.10. The average Bonchev–Trinajstić information content (AvgIpc) is 3.09. The number of pyridine rings is 1. The molecule has 0 radical (unpaired) electrons. The molecule has 0 amide bonds. The molecule has 1 fully saturated rings. The SMILES string of the molecule is CCOCn1nc(OC2CCCCN2c2ccc(C(F)(F)F)cn2)cc1C(F)(F)F. The Balaban J connectivity index is 1.81. The van der Waals surface area contributed by atoms with Crippen LogP contribution in [0.5, 0.6) is 5.88 Å². The Morgan fingerprint density at radius 2 is 1.87 bits per heavy atom. The van der Waals surface area contributed by atoms with E-state index in [1.807, 2.05) is 0 Å². The van der Waals surface area contributed by atoms with E-state index in [1.165, 1.54) is 6.07 Å². The minimum Gasteiger partial charge on any atom is -0.452 e. The van der Waals surface area contributed by atoms with E-state index in [0.29, 0.717) is 17.6 Å². The number of ether oxygens (including phenoxy) is 2. The minimum absolute atomic E-state index is 0.212. The van der Waals surface area contributed by atoms with Gasteiger partial charge in [0.2, 0.25) is 5.88 Å². The van der Waals surface area contributed by atoms with Gasteiger partial charge in [0.05, 0.1) is 5.56 Å². The van der Waals surface area contributed by atoms with Gasteiger partial charge in [-0.15, -0.1) is 5.10 Å². The first-order valence-corrected chi connectivity index (χ1v) is 9.29. The summed E-state index contributed by atoms with van der Waals surface area (Å²) < 4.78 is 89.4. The molecule has 0 saturated carbocycles. The molecule has 6 nitrogen and oxygen atoms in total. The summed E-state index contributed by atoms with van der Waals surface area (Å²) in [6, 6.07) is 2.91. The number of rotatable bonds is 6. The molecule has 30 heavy (non-hydrogen) atoms. The van der Waals surface area contributed by atoms with Gasteiger partial charge in [-0.05, 0) is 31.9 Å². The minimum atomic E-state index is -4.65. The van der Waals surface area contributed by atoms with Crippen molar-refractivity contribution >= 4 is 5.82 Å². The smallest absolute Gasteiger partial charge is 0.433 e. The molecule has 0 bridgehead atoms. The van der Waals surface area contributed by atoms with E-state index >= 15 is 0 Å². The van der Waals surface area contributed by atoms with Crippen LogP contribution in [0.25, 0.3) is 0 Å². The summed E-state index contributed by atoms with van der Waals surface area (Å²) in [6.45, 7) is 1.91. The van der Waals surface area contributed by atoms with Crippen molar-refractivity contribution in [3.63, 3.8) is 0 Å². The Morgan fingerprint density at radius 1 is 1.10 bits per heavy atom. The highest BCUT2D eigenvalue weighted by Crippen LogP contribution is 2.34. The lowest BCUT2D eigenvalue weighted by Gasteiger charge is -2.35. The van der Waals surface area contributed by atoms with Gasteiger partial charge in [0.25, 0.3) is 0 Å². The molecule has 2 aromatic rings.